The van der Waals surface area contributed by atoms with Gasteiger partial charge in [0, 0.05) is 16.1 Å². The van der Waals surface area contributed by atoms with Crippen LogP contribution in [0.2, 0.25) is 10.0 Å². The number of aryl methyl sites for hydroxylation is 1. The highest BCUT2D eigenvalue weighted by Gasteiger charge is 2.26. The number of thiazole rings is 1. The van der Waals surface area contributed by atoms with Crippen molar-refractivity contribution in [1.29, 1.82) is 5.26 Å². The van der Waals surface area contributed by atoms with E-state index in [1.165, 1.54) is 30.4 Å². The standard InChI is InChI=1S/C17H14Cl2N2O4S/c1-9-8-26-16(21-9)12(6-20)14(22)7-24-17(23)10(2)25-15-4-3-11(18)5-13(15)19/h3-5,8,10,12H,7H2,1-2H3/t10-,12+/m1/s1. The number of carbonyl (C=O) groups is 2. The molecule has 0 saturated carbocycles. The molecule has 0 amide bonds. The Labute approximate surface area is 164 Å². The van der Waals surface area contributed by atoms with E-state index >= 15 is 0 Å². The second kappa shape index (κ2) is 8.99. The zero-order valence-electron chi connectivity index (χ0n) is 13.9. The second-order valence-corrected chi connectivity index (χ2v) is 7.03. The monoisotopic (exact) mass is 412 g/mol. The Bertz CT molecular complexity index is 863. The third-order valence-corrected chi connectivity index (χ3v) is 4.78. The summed E-state index contributed by atoms with van der Waals surface area (Å²) < 4.78 is 10.4. The SMILES string of the molecule is Cc1csc([C@@H](C#N)C(=O)COC(=O)[C@@H](C)Oc2ccc(Cl)cc2Cl)n1. The first-order valence-electron chi connectivity index (χ1n) is 7.44. The van der Waals surface area contributed by atoms with Crippen molar-refractivity contribution in [3.05, 3.63) is 44.3 Å². The van der Waals surface area contributed by atoms with Crippen LogP contribution in [-0.2, 0) is 14.3 Å². The van der Waals surface area contributed by atoms with Crippen molar-refractivity contribution in [2.45, 2.75) is 25.9 Å². The molecule has 0 fully saturated rings. The van der Waals surface area contributed by atoms with Crippen molar-refractivity contribution in [1.82, 2.24) is 4.98 Å². The molecule has 2 aromatic rings. The molecule has 6 nitrogen and oxygen atoms in total. The number of ketones is 1. The maximum atomic E-state index is 12.2. The molecule has 136 valence electrons. The van der Waals surface area contributed by atoms with Gasteiger partial charge in [-0.2, -0.15) is 5.26 Å². The molecule has 0 aliphatic carbocycles. The lowest BCUT2D eigenvalue weighted by Crippen LogP contribution is -2.29. The number of benzene rings is 1. The zero-order valence-corrected chi connectivity index (χ0v) is 16.2. The minimum absolute atomic E-state index is 0.247. The molecule has 2 rings (SSSR count). The molecule has 0 radical (unpaired) electrons. The molecule has 0 spiro atoms. The van der Waals surface area contributed by atoms with E-state index in [1.807, 2.05) is 6.07 Å². The molecule has 0 unspecified atom stereocenters. The first-order chi connectivity index (χ1) is 12.3. The van der Waals surface area contributed by atoms with Crippen LogP contribution in [-0.4, -0.2) is 29.4 Å². The molecule has 2 atom stereocenters. The summed E-state index contributed by atoms with van der Waals surface area (Å²) in [6.45, 7) is 2.68. The van der Waals surface area contributed by atoms with Gasteiger partial charge >= 0.3 is 5.97 Å². The highest BCUT2D eigenvalue weighted by molar-refractivity contribution is 7.09. The highest BCUT2D eigenvalue weighted by atomic mass is 35.5. The number of hydrogen-bond donors (Lipinski definition) is 0. The van der Waals surface area contributed by atoms with E-state index in [2.05, 4.69) is 4.98 Å². The lowest BCUT2D eigenvalue weighted by Gasteiger charge is -2.15. The maximum Gasteiger partial charge on any atom is 0.347 e. The zero-order chi connectivity index (χ0) is 19.3. The molecule has 1 aromatic heterocycles. The Morgan fingerprint density at radius 2 is 2.12 bits per heavy atom. The van der Waals surface area contributed by atoms with Gasteiger partial charge in [-0.1, -0.05) is 23.2 Å². The smallest absolute Gasteiger partial charge is 0.347 e. The first kappa shape index (κ1) is 20.2. The van der Waals surface area contributed by atoms with Crippen molar-refractivity contribution in [3.63, 3.8) is 0 Å². The molecule has 0 aliphatic rings. The molecule has 1 aromatic carbocycles. The summed E-state index contributed by atoms with van der Waals surface area (Å²) in [5, 5.41) is 12.0. The molecular weight excluding hydrogens is 399 g/mol. The van der Waals surface area contributed by atoms with Gasteiger partial charge in [0.15, 0.2) is 24.4 Å². The van der Waals surface area contributed by atoms with E-state index in [-0.39, 0.29) is 10.8 Å². The normalized spacial score (nSPS) is 12.7. The number of carbonyl (C=O) groups excluding carboxylic acids is 2. The van der Waals surface area contributed by atoms with Gasteiger partial charge in [-0.3, -0.25) is 4.79 Å². The maximum absolute atomic E-state index is 12.2. The predicted octanol–water partition coefficient (Wildman–Crippen LogP) is 3.95. The van der Waals surface area contributed by atoms with Crippen molar-refractivity contribution >= 4 is 46.3 Å². The van der Waals surface area contributed by atoms with Crippen molar-refractivity contribution in [2.24, 2.45) is 0 Å². The fourth-order valence-electron chi connectivity index (χ4n) is 1.92. The van der Waals surface area contributed by atoms with E-state index in [9.17, 15) is 14.9 Å². The van der Waals surface area contributed by atoms with Crippen LogP contribution in [0.3, 0.4) is 0 Å². The first-order valence-corrected chi connectivity index (χ1v) is 9.08. The number of esters is 1. The quantitative estimate of drug-likeness (QED) is 0.639. The van der Waals surface area contributed by atoms with Crippen LogP contribution >= 0.6 is 34.5 Å². The largest absolute Gasteiger partial charge is 0.477 e. The van der Waals surface area contributed by atoms with E-state index in [1.54, 1.807) is 18.4 Å². The second-order valence-electron chi connectivity index (χ2n) is 5.30. The Hall–Kier alpha value is -2.14. The van der Waals surface area contributed by atoms with Gasteiger partial charge in [0.25, 0.3) is 0 Å². The van der Waals surface area contributed by atoms with Gasteiger partial charge in [-0.05, 0) is 32.0 Å². The number of rotatable bonds is 7. The van der Waals surface area contributed by atoms with Crippen molar-refractivity contribution in [3.8, 4) is 11.8 Å². The third-order valence-electron chi connectivity index (χ3n) is 3.22. The summed E-state index contributed by atoms with van der Waals surface area (Å²) in [5.41, 5.74) is 0.719. The Morgan fingerprint density at radius 3 is 2.69 bits per heavy atom. The predicted molar refractivity (Wildman–Crippen MR) is 97.7 cm³/mol. The average molecular weight is 413 g/mol. The number of nitriles is 1. The molecule has 0 bridgehead atoms. The summed E-state index contributed by atoms with van der Waals surface area (Å²) in [4.78, 5) is 28.3. The van der Waals surface area contributed by atoms with E-state index in [4.69, 9.17) is 32.7 Å². The molecular formula is C17H14Cl2N2O4S. The number of hydrogen-bond acceptors (Lipinski definition) is 7. The topological polar surface area (TPSA) is 89.3 Å². The van der Waals surface area contributed by atoms with Crippen LogP contribution < -0.4 is 4.74 Å². The molecule has 9 heteroatoms. The van der Waals surface area contributed by atoms with Crippen molar-refractivity contribution < 1.29 is 19.1 Å². The van der Waals surface area contributed by atoms with Crippen LogP contribution in [0.5, 0.6) is 5.75 Å². The lowest BCUT2D eigenvalue weighted by molar-refractivity contribution is -0.154. The summed E-state index contributed by atoms with van der Waals surface area (Å²) in [7, 11) is 0. The number of nitrogens with zero attached hydrogens (tertiary/aromatic N) is 2. The molecule has 26 heavy (non-hydrogen) atoms. The summed E-state index contributed by atoms with van der Waals surface area (Å²) in [5.74, 6) is -2.10. The van der Waals surface area contributed by atoms with Gasteiger partial charge in [0.2, 0.25) is 0 Å². The fraction of sp³-hybridized carbons (Fsp3) is 0.294. The number of ether oxygens (including phenoxy) is 2. The Kier molecular flexibility index (Phi) is 6.98. The third kappa shape index (κ3) is 5.18. The molecule has 0 aliphatic heterocycles. The Morgan fingerprint density at radius 1 is 1.38 bits per heavy atom. The number of Topliss-reactive ketones (excluding diaryl/α,β-unsaturated/α-hetero) is 1. The fourth-order valence-corrected chi connectivity index (χ4v) is 3.24. The Balaban J connectivity index is 1.92. The molecule has 0 saturated heterocycles. The van der Waals surface area contributed by atoms with Crippen LogP contribution in [0, 0.1) is 18.3 Å². The average Bonchev–Trinajstić information content (AvgIpc) is 3.01. The van der Waals surface area contributed by atoms with Crippen LogP contribution in [0.1, 0.15) is 23.5 Å². The van der Waals surface area contributed by atoms with Gasteiger partial charge in [0.1, 0.15) is 10.8 Å². The van der Waals surface area contributed by atoms with E-state index in [0.717, 1.165) is 5.69 Å². The summed E-state index contributed by atoms with van der Waals surface area (Å²) in [6.07, 6.45) is -0.996. The number of halogens is 2. The minimum Gasteiger partial charge on any atom is -0.477 e. The van der Waals surface area contributed by atoms with Gasteiger partial charge in [-0.25, -0.2) is 9.78 Å². The van der Waals surface area contributed by atoms with Gasteiger partial charge in [0.05, 0.1) is 11.1 Å². The van der Waals surface area contributed by atoms with Crippen LogP contribution in [0.25, 0.3) is 0 Å². The molecule has 0 N–H and O–H groups in total. The van der Waals surface area contributed by atoms with Crippen molar-refractivity contribution in [2.75, 3.05) is 6.61 Å². The number of aromatic nitrogens is 1. The van der Waals surface area contributed by atoms with Gasteiger partial charge in [-0.15, -0.1) is 11.3 Å². The van der Waals surface area contributed by atoms with Crippen LogP contribution in [0.4, 0.5) is 0 Å². The van der Waals surface area contributed by atoms with Gasteiger partial charge < -0.3 is 9.47 Å². The minimum atomic E-state index is -1.07. The lowest BCUT2D eigenvalue weighted by atomic mass is 10.1. The summed E-state index contributed by atoms with van der Waals surface area (Å²) >= 11 is 13.0. The highest BCUT2D eigenvalue weighted by Crippen LogP contribution is 2.28. The van der Waals surface area contributed by atoms with E-state index in [0.29, 0.717) is 10.0 Å². The molecule has 1 heterocycles. The summed E-state index contributed by atoms with van der Waals surface area (Å²) in [6, 6.07) is 6.45. The van der Waals surface area contributed by atoms with Crippen LogP contribution in [0.15, 0.2) is 23.6 Å². The van der Waals surface area contributed by atoms with E-state index < -0.39 is 30.4 Å².